The standard InChI is InChI=1S/C18H18N6O2S2/c1-11(2)10-19-17-18(21-13-7-4-3-6-12(13)20-17)24-28(25,26)15-9-5-8-14-16(15)23-27-22-14/h3-9,11H,10H2,1-2H3,(H,19,20)(H,21,24). The van der Waals surface area contributed by atoms with Crippen LogP contribution in [0.4, 0.5) is 11.6 Å². The summed E-state index contributed by atoms with van der Waals surface area (Å²) in [6.45, 7) is 4.75. The third kappa shape index (κ3) is 3.60. The van der Waals surface area contributed by atoms with Gasteiger partial charge in [-0.1, -0.05) is 32.0 Å². The van der Waals surface area contributed by atoms with Crippen LogP contribution < -0.4 is 10.0 Å². The Labute approximate surface area is 166 Å². The average molecular weight is 415 g/mol. The molecule has 0 aliphatic heterocycles. The zero-order chi connectivity index (χ0) is 19.7. The van der Waals surface area contributed by atoms with Crippen LogP contribution in [0.5, 0.6) is 0 Å². The van der Waals surface area contributed by atoms with Crippen LogP contribution in [0.25, 0.3) is 22.1 Å². The number of rotatable bonds is 6. The maximum atomic E-state index is 13.1. The number of fused-ring (bicyclic) bond motifs is 2. The number of hydrogen-bond acceptors (Lipinski definition) is 8. The third-order valence-corrected chi connectivity index (χ3v) is 5.93. The summed E-state index contributed by atoms with van der Waals surface area (Å²) >= 11 is 0.973. The van der Waals surface area contributed by atoms with E-state index in [0.717, 1.165) is 11.7 Å². The van der Waals surface area contributed by atoms with Gasteiger partial charge in [0.05, 0.1) is 22.8 Å². The number of nitrogens with zero attached hydrogens (tertiary/aromatic N) is 4. The molecule has 0 unspecified atom stereocenters. The van der Waals surface area contributed by atoms with E-state index < -0.39 is 10.0 Å². The highest BCUT2D eigenvalue weighted by Gasteiger charge is 2.22. The lowest BCUT2D eigenvalue weighted by atomic mass is 10.2. The summed E-state index contributed by atoms with van der Waals surface area (Å²) in [5, 5.41) is 3.18. The highest BCUT2D eigenvalue weighted by Crippen LogP contribution is 2.27. The summed E-state index contributed by atoms with van der Waals surface area (Å²) in [6, 6.07) is 12.2. The summed E-state index contributed by atoms with van der Waals surface area (Å²) < 4.78 is 36.9. The smallest absolute Gasteiger partial charge is 0.265 e. The van der Waals surface area contributed by atoms with Gasteiger partial charge in [0, 0.05) is 6.54 Å². The monoisotopic (exact) mass is 414 g/mol. The van der Waals surface area contributed by atoms with Gasteiger partial charge in [-0.3, -0.25) is 4.72 Å². The van der Waals surface area contributed by atoms with E-state index in [1.165, 1.54) is 6.07 Å². The molecule has 4 aromatic rings. The number of nitrogens with one attached hydrogen (secondary N) is 2. The minimum absolute atomic E-state index is 0.0588. The highest BCUT2D eigenvalue weighted by molar-refractivity contribution is 7.93. The Kier molecular flexibility index (Phi) is 4.82. The summed E-state index contributed by atoms with van der Waals surface area (Å²) in [5.74, 6) is 0.895. The molecule has 0 fully saturated rings. The second-order valence-electron chi connectivity index (χ2n) is 6.68. The molecule has 0 radical (unpaired) electrons. The van der Waals surface area contributed by atoms with Gasteiger partial charge >= 0.3 is 0 Å². The lowest BCUT2D eigenvalue weighted by Gasteiger charge is -2.15. The molecule has 2 aromatic heterocycles. The van der Waals surface area contributed by atoms with Gasteiger partial charge in [-0.2, -0.15) is 8.75 Å². The molecule has 0 bridgehead atoms. The number of hydrogen-bond donors (Lipinski definition) is 2. The Morgan fingerprint density at radius 2 is 1.61 bits per heavy atom. The normalized spacial score (nSPS) is 12.0. The van der Waals surface area contributed by atoms with E-state index >= 15 is 0 Å². The van der Waals surface area contributed by atoms with Crippen molar-refractivity contribution in [2.75, 3.05) is 16.6 Å². The molecule has 28 heavy (non-hydrogen) atoms. The molecule has 0 aliphatic carbocycles. The van der Waals surface area contributed by atoms with Crippen molar-refractivity contribution in [2.24, 2.45) is 5.92 Å². The van der Waals surface area contributed by atoms with Crippen LogP contribution in [0.1, 0.15) is 13.8 Å². The van der Waals surface area contributed by atoms with Gasteiger partial charge in [-0.25, -0.2) is 18.4 Å². The molecule has 0 saturated heterocycles. The van der Waals surface area contributed by atoms with Gasteiger partial charge in [0.25, 0.3) is 10.0 Å². The number of benzene rings is 2. The largest absolute Gasteiger partial charge is 0.367 e. The lowest BCUT2D eigenvalue weighted by molar-refractivity contribution is 0.601. The Bertz CT molecular complexity index is 1250. The molecule has 2 heterocycles. The van der Waals surface area contributed by atoms with Gasteiger partial charge in [-0.15, -0.1) is 0 Å². The van der Waals surface area contributed by atoms with Gasteiger partial charge in [0.15, 0.2) is 11.6 Å². The first-order chi connectivity index (χ1) is 13.4. The Morgan fingerprint density at radius 3 is 2.32 bits per heavy atom. The van der Waals surface area contributed by atoms with E-state index in [4.69, 9.17) is 0 Å². The Morgan fingerprint density at radius 1 is 0.929 bits per heavy atom. The van der Waals surface area contributed by atoms with Crippen LogP contribution in [0.15, 0.2) is 47.4 Å². The molecule has 0 amide bonds. The average Bonchev–Trinajstić information content (AvgIpc) is 3.14. The van der Waals surface area contributed by atoms with Crippen molar-refractivity contribution >= 4 is 55.5 Å². The quantitative estimate of drug-likeness (QED) is 0.497. The molecule has 10 heteroatoms. The zero-order valence-electron chi connectivity index (χ0n) is 15.2. The van der Waals surface area contributed by atoms with E-state index in [0.29, 0.717) is 40.3 Å². The van der Waals surface area contributed by atoms with E-state index in [1.807, 2.05) is 18.2 Å². The number of sulfonamides is 1. The molecule has 0 atom stereocenters. The highest BCUT2D eigenvalue weighted by atomic mass is 32.2. The second-order valence-corrected chi connectivity index (χ2v) is 8.86. The van der Waals surface area contributed by atoms with Crippen molar-refractivity contribution in [1.82, 2.24) is 18.7 Å². The van der Waals surface area contributed by atoms with Gasteiger partial charge in [0.2, 0.25) is 0 Å². The van der Waals surface area contributed by atoms with Crippen LogP contribution in [0.3, 0.4) is 0 Å². The predicted octanol–water partition coefficient (Wildman–Crippen LogP) is 3.50. The first-order valence-electron chi connectivity index (χ1n) is 8.69. The Balaban J connectivity index is 1.79. The first-order valence-corrected chi connectivity index (χ1v) is 10.9. The summed E-state index contributed by atoms with van der Waals surface area (Å²) in [6.07, 6.45) is 0. The molecule has 0 aliphatic rings. The fourth-order valence-electron chi connectivity index (χ4n) is 2.68. The van der Waals surface area contributed by atoms with Crippen molar-refractivity contribution < 1.29 is 8.42 Å². The fourth-order valence-corrected chi connectivity index (χ4v) is 4.45. The fraction of sp³-hybridized carbons (Fsp3) is 0.222. The van der Waals surface area contributed by atoms with Gasteiger partial charge in [0.1, 0.15) is 15.9 Å². The van der Waals surface area contributed by atoms with Gasteiger partial charge < -0.3 is 5.32 Å². The summed E-state index contributed by atoms with van der Waals surface area (Å²) in [7, 11) is -3.93. The van der Waals surface area contributed by atoms with Crippen LogP contribution in [-0.4, -0.2) is 33.7 Å². The maximum Gasteiger partial charge on any atom is 0.265 e. The molecule has 4 rings (SSSR count). The molecular formula is C18H18N6O2S2. The molecule has 0 spiro atoms. The van der Waals surface area contributed by atoms with E-state index in [9.17, 15) is 8.42 Å². The molecule has 2 aromatic carbocycles. The third-order valence-electron chi connectivity index (χ3n) is 4.02. The number of anilines is 2. The maximum absolute atomic E-state index is 13.1. The van der Waals surface area contributed by atoms with Crippen molar-refractivity contribution in [3.63, 3.8) is 0 Å². The van der Waals surface area contributed by atoms with E-state index in [2.05, 4.69) is 42.6 Å². The SMILES string of the molecule is CC(C)CNc1nc2ccccc2nc1NS(=O)(=O)c1cccc2nsnc12. The first kappa shape index (κ1) is 18.5. The van der Waals surface area contributed by atoms with Crippen LogP contribution >= 0.6 is 11.7 Å². The Hall–Kier alpha value is -2.85. The summed E-state index contributed by atoms with van der Waals surface area (Å²) in [5.41, 5.74) is 2.16. The molecule has 144 valence electrons. The van der Waals surface area contributed by atoms with Gasteiger partial charge in [-0.05, 0) is 30.2 Å². The number of aromatic nitrogens is 4. The summed E-state index contributed by atoms with van der Waals surface area (Å²) in [4.78, 5) is 9.09. The van der Waals surface area contributed by atoms with E-state index in [-0.39, 0.29) is 10.7 Å². The van der Waals surface area contributed by atoms with Crippen molar-refractivity contribution in [3.8, 4) is 0 Å². The van der Waals surface area contributed by atoms with Crippen molar-refractivity contribution in [3.05, 3.63) is 42.5 Å². The topological polar surface area (TPSA) is 110 Å². The van der Waals surface area contributed by atoms with Crippen LogP contribution in [0.2, 0.25) is 0 Å². The van der Waals surface area contributed by atoms with E-state index in [1.54, 1.807) is 18.2 Å². The van der Waals surface area contributed by atoms with Crippen LogP contribution in [0, 0.1) is 5.92 Å². The molecule has 0 saturated carbocycles. The lowest BCUT2D eigenvalue weighted by Crippen LogP contribution is -2.18. The molecule has 8 nitrogen and oxygen atoms in total. The predicted molar refractivity (Wildman–Crippen MR) is 111 cm³/mol. The van der Waals surface area contributed by atoms with Crippen LogP contribution in [-0.2, 0) is 10.0 Å². The zero-order valence-corrected chi connectivity index (χ0v) is 16.9. The minimum atomic E-state index is -3.93. The molecular weight excluding hydrogens is 396 g/mol. The minimum Gasteiger partial charge on any atom is -0.367 e. The second kappa shape index (κ2) is 7.28. The van der Waals surface area contributed by atoms with Crippen molar-refractivity contribution in [2.45, 2.75) is 18.7 Å². The number of para-hydroxylation sites is 2. The molecule has 2 N–H and O–H groups in total. The van der Waals surface area contributed by atoms with Crippen molar-refractivity contribution in [1.29, 1.82) is 0 Å².